The van der Waals surface area contributed by atoms with Crippen LogP contribution in [0.25, 0.3) is 0 Å². The van der Waals surface area contributed by atoms with Gasteiger partial charge in [0.05, 0.1) is 6.10 Å². The van der Waals surface area contributed by atoms with Crippen LogP contribution in [0.4, 0.5) is 4.39 Å². The minimum absolute atomic E-state index is 0.0941. The SMILES string of the molecule is Cc1cc(F)cc(C[C@H](N)[C@H](O)CNC2(c3cccc(C(C)(C)C)c3)CCCCC2)c1. The second-order valence-corrected chi connectivity index (χ2v) is 10.4. The predicted octanol–water partition coefficient (Wildman–Crippen LogP) is 5.11. The third-order valence-electron chi connectivity index (χ3n) is 6.71. The number of benzene rings is 2. The van der Waals surface area contributed by atoms with Crippen LogP contribution in [0.15, 0.2) is 42.5 Å². The first kappa shape index (κ1) is 23.9. The Morgan fingerprint density at radius 3 is 2.45 bits per heavy atom. The quantitative estimate of drug-likeness (QED) is 0.576. The molecule has 0 saturated heterocycles. The second-order valence-electron chi connectivity index (χ2n) is 10.4. The molecule has 1 saturated carbocycles. The third kappa shape index (κ3) is 6.15. The predicted molar refractivity (Wildman–Crippen MR) is 127 cm³/mol. The Balaban J connectivity index is 1.72. The van der Waals surface area contributed by atoms with Crippen molar-refractivity contribution in [3.05, 3.63) is 70.5 Å². The molecule has 0 aromatic heterocycles. The summed E-state index contributed by atoms with van der Waals surface area (Å²) in [4.78, 5) is 0. The maximum Gasteiger partial charge on any atom is 0.123 e. The number of aliphatic hydroxyl groups excluding tert-OH is 1. The number of halogens is 1. The van der Waals surface area contributed by atoms with Gasteiger partial charge in [-0.2, -0.15) is 0 Å². The van der Waals surface area contributed by atoms with Gasteiger partial charge in [-0.3, -0.25) is 0 Å². The highest BCUT2D eigenvalue weighted by Crippen LogP contribution is 2.38. The highest BCUT2D eigenvalue weighted by molar-refractivity contribution is 5.34. The van der Waals surface area contributed by atoms with Crippen molar-refractivity contribution >= 4 is 0 Å². The lowest BCUT2D eigenvalue weighted by Crippen LogP contribution is -2.51. The van der Waals surface area contributed by atoms with E-state index in [1.807, 2.05) is 13.0 Å². The Kier molecular flexibility index (Phi) is 7.56. The van der Waals surface area contributed by atoms with Gasteiger partial charge in [0.25, 0.3) is 0 Å². The molecule has 4 heteroatoms. The fraction of sp³-hybridized carbons (Fsp3) is 0.556. The molecule has 2 atom stereocenters. The van der Waals surface area contributed by atoms with E-state index in [-0.39, 0.29) is 16.8 Å². The van der Waals surface area contributed by atoms with Gasteiger partial charge in [0, 0.05) is 18.1 Å². The molecular weight excluding hydrogens is 387 g/mol. The third-order valence-corrected chi connectivity index (χ3v) is 6.71. The number of hydrogen-bond acceptors (Lipinski definition) is 3. The molecule has 1 aliphatic carbocycles. The lowest BCUT2D eigenvalue weighted by atomic mass is 9.74. The summed E-state index contributed by atoms with van der Waals surface area (Å²) < 4.78 is 13.7. The highest BCUT2D eigenvalue weighted by atomic mass is 19.1. The topological polar surface area (TPSA) is 58.3 Å². The summed E-state index contributed by atoms with van der Waals surface area (Å²) in [5.41, 5.74) is 10.6. The Morgan fingerprint density at radius 2 is 1.81 bits per heavy atom. The van der Waals surface area contributed by atoms with E-state index in [0.717, 1.165) is 24.0 Å². The fourth-order valence-electron chi connectivity index (χ4n) is 4.80. The van der Waals surface area contributed by atoms with Crippen LogP contribution in [0.1, 0.15) is 75.1 Å². The zero-order chi connectivity index (χ0) is 22.6. The molecule has 170 valence electrons. The molecule has 0 amide bonds. The second kappa shape index (κ2) is 9.81. The van der Waals surface area contributed by atoms with Crippen LogP contribution >= 0.6 is 0 Å². The smallest absolute Gasteiger partial charge is 0.123 e. The van der Waals surface area contributed by atoms with Crippen molar-refractivity contribution < 1.29 is 9.50 Å². The fourth-order valence-corrected chi connectivity index (χ4v) is 4.80. The van der Waals surface area contributed by atoms with Crippen LogP contribution in [0.5, 0.6) is 0 Å². The number of nitrogens with one attached hydrogen (secondary N) is 1. The van der Waals surface area contributed by atoms with Gasteiger partial charge in [0.15, 0.2) is 0 Å². The molecule has 0 aliphatic heterocycles. The summed E-state index contributed by atoms with van der Waals surface area (Å²) in [6.45, 7) is 9.02. The molecular formula is C27H39FN2O. The van der Waals surface area contributed by atoms with Gasteiger partial charge >= 0.3 is 0 Å². The number of aliphatic hydroxyl groups is 1. The summed E-state index contributed by atoms with van der Waals surface area (Å²) >= 11 is 0. The van der Waals surface area contributed by atoms with Crippen LogP contribution in [-0.4, -0.2) is 23.8 Å². The first-order chi connectivity index (χ1) is 14.6. The summed E-state index contributed by atoms with van der Waals surface area (Å²) in [5, 5.41) is 14.5. The minimum atomic E-state index is -0.701. The van der Waals surface area contributed by atoms with Crippen molar-refractivity contribution in [3.8, 4) is 0 Å². The number of rotatable bonds is 7. The van der Waals surface area contributed by atoms with E-state index in [0.29, 0.717) is 13.0 Å². The van der Waals surface area contributed by atoms with Crippen LogP contribution in [-0.2, 0) is 17.4 Å². The maximum absolute atomic E-state index is 13.7. The Hall–Kier alpha value is -1.75. The average Bonchev–Trinajstić information content (AvgIpc) is 2.71. The zero-order valence-electron chi connectivity index (χ0n) is 19.5. The maximum atomic E-state index is 13.7. The van der Waals surface area contributed by atoms with Gasteiger partial charge in [-0.15, -0.1) is 0 Å². The molecule has 0 heterocycles. The van der Waals surface area contributed by atoms with Crippen molar-refractivity contribution in [2.45, 2.75) is 89.3 Å². The van der Waals surface area contributed by atoms with E-state index >= 15 is 0 Å². The lowest BCUT2D eigenvalue weighted by Gasteiger charge is -2.40. The van der Waals surface area contributed by atoms with Crippen LogP contribution < -0.4 is 11.1 Å². The minimum Gasteiger partial charge on any atom is -0.390 e. The molecule has 0 radical (unpaired) electrons. The standard InChI is InChI=1S/C27H39FN2O/c1-19-13-20(15-23(28)14-19)16-24(29)25(31)18-30-27(11-6-5-7-12-27)22-10-8-9-21(17-22)26(2,3)4/h8-10,13-15,17,24-25,30-31H,5-7,11-12,16,18,29H2,1-4H3/t24-,25+/m0/s1. The highest BCUT2D eigenvalue weighted by Gasteiger charge is 2.35. The molecule has 2 aromatic carbocycles. The molecule has 1 aliphatic rings. The van der Waals surface area contributed by atoms with Gasteiger partial charge in [0.2, 0.25) is 0 Å². The molecule has 0 bridgehead atoms. The van der Waals surface area contributed by atoms with Crippen LogP contribution in [0.3, 0.4) is 0 Å². The first-order valence-corrected chi connectivity index (χ1v) is 11.6. The number of nitrogens with two attached hydrogens (primary N) is 1. The van der Waals surface area contributed by atoms with E-state index in [2.05, 4.69) is 50.4 Å². The Bertz CT molecular complexity index is 848. The average molecular weight is 427 g/mol. The monoisotopic (exact) mass is 426 g/mol. The van der Waals surface area contributed by atoms with Crippen LogP contribution in [0.2, 0.25) is 0 Å². The molecule has 3 rings (SSSR count). The summed E-state index contributed by atoms with van der Waals surface area (Å²) in [6, 6.07) is 13.4. The van der Waals surface area contributed by atoms with Crippen molar-refractivity contribution in [1.82, 2.24) is 5.32 Å². The summed E-state index contributed by atoms with van der Waals surface area (Å²) in [5.74, 6) is -0.255. The van der Waals surface area contributed by atoms with Crippen molar-refractivity contribution in [3.63, 3.8) is 0 Å². The van der Waals surface area contributed by atoms with Crippen molar-refractivity contribution in [1.29, 1.82) is 0 Å². The van der Waals surface area contributed by atoms with E-state index in [1.165, 1.54) is 42.5 Å². The van der Waals surface area contributed by atoms with Gasteiger partial charge in [-0.05, 0) is 66.0 Å². The lowest BCUT2D eigenvalue weighted by molar-refractivity contribution is 0.116. The van der Waals surface area contributed by atoms with E-state index < -0.39 is 12.1 Å². The summed E-state index contributed by atoms with van der Waals surface area (Å²) in [6.07, 6.45) is 5.48. The van der Waals surface area contributed by atoms with Gasteiger partial charge in [-0.1, -0.05) is 70.4 Å². The normalized spacial score (nSPS) is 18.5. The molecule has 3 nitrogen and oxygen atoms in total. The van der Waals surface area contributed by atoms with E-state index in [4.69, 9.17) is 5.73 Å². The molecule has 1 fully saturated rings. The molecule has 0 unspecified atom stereocenters. The molecule has 2 aromatic rings. The zero-order valence-corrected chi connectivity index (χ0v) is 19.5. The van der Waals surface area contributed by atoms with E-state index in [1.54, 1.807) is 0 Å². The van der Waals surface area contributed by atoms with Crippen molar-refractivity contribution in [2.24, 2.45) is 5.73 Å². The Morgan fingerprint density at radius 1 is 1.10 bits per heavy atom. The largest absolute Gasteiger partial charge is 0.390 e. The molecule has 31 heavy (non-hydrogen) atoms. The Labute approximate surface area is 187 Å². The van der Waals surface area contributed by atoms with E-state index in [9.17, 15) is 9.50 Å². The summed E-state index contributed by atoms with van der Waals surface area (Å²) in [7, 11) is 0. The number of aryl methyl sites for hydroxylation is 1. The number of hydrogen-bond donors (Lipinski definition) is 3. The van der Waals surface area contributed by atoms with Gasteiger partial charge in [0.1, 0.15) is 5.82 Å². The molecule has 0 spiro atoms. The van der Waals surface area contributed by atoms with Gasteiger partial charge < -0.3 is 16.2 Å². The van der Waals surface area contributed by atoms with Gasteiger partial charge in [-0.25, -0.2) is 4.39 Å². The van der Waals surface area contributed by atoms with Crippen LogP contribution in [0, 0.1) is 12.7 Å². The van der Waals surface area contributed by atoms with Crippen molar-refractivity contribution in [2.75, 3.05) is 6.54 Å². The molecule has 4 N–H and O–H groups in total. The first-order valence-electron chi connectivity index (χ1n) is 11.6.